The van der Waals surface area contributed by atoms with Crippen LogP contribution in [0.5, 0.6) is 6.01 Å². The Hall–Kier alpha value is -2.06. The van der Waals surface area contributed by atoms with Gasteiger partial charge in [0, 0.05) is 17.4 Å². The zero-order valence-corrected chi connectivity index (χ0v) is 16.3. The van der Waals surface area contributed by atoms with Gasteiger partial charge in [0.1, 0.15) is 11.9 Å². The molecule has 3 rings (SSSR count). The Morgan fingerprint density at radius 3 is 2.41 bits per heavy atom. The summed E-state index contributed by atoms with van der Waals surface area (Å²) in [5, 5.41) is 0. The van der Waals surface area contributed by atoms with Gasteiger partial charge in [-0.25, -0.2) is 27.5 Å². The van der Waals surface area contributed by atoms with Crippen LogP contribution in [0.1, 0.15) is 42.6 Å². The second-order valence-electron chi connectivity index (χ2n) is 7.03. The summed E-state index contributed by atoms with van der Waals surface area (Å²) in [6, 6.07) is 7.79. The van der Waals surface area contributed by atoms with E-state index in [1.54, 1.807) is 6.07 Å². The fraction of sp³-hybridized carbons (Fsp3) is 0.474. The summed E-state index contributed by atoms with van der Waals surface area (Å²) in [6.07, 6.45) is 2.79. The summed E-state index contributed by atoms with van der Waals surface area (Å²) in [7, 11) is -3.52. The maximum Gasteiger partial charge on any atom is 0.317 e. The molecule has 0 radical (unpaired) electrons. The van der Waals surface area contributed by atoms with Crippen molar-refractivity contribution in [1.82, 2.24) is 14.7 Å². The van der Waals surface area contributed by atoms with E-state index in [-0.39, 0.29) is 17.9 Å². The van der Waals surface area contributed by atoms with Crippen LogP contribution in [-0.2, 0) is 15.8 Å². The van der Waals surface area contributed by atoms with Crippen molar-refractivity contribution < 1.29 is 17.5 Å². The minimum Gasteiger partial charge on any atom is -0.460 e. The predicted octanol–water partition coefficient (Wildman–Crippen LogP) is 3.04. The van der Waals surface area contributed by atoms with Gasteiger partial charge < -0.3 is 4.74 Å². The number of aryl methyl sites for hydroxylation is 2. The Bertz CT molecular complexity index is 877. The monoisotopic (exact) mass is 393 g/mol. The highest BCUT2D eigenvalue weighted by molar-refractivity contribution is 7.88. The van der Waals surface area contributed by atoms with E-state index in [1.165, 1.54) is 18.2 Å². The summed E-state index contributed by atoms with van der Waals surface area (Å²) in [6.45, 7) is 3.79. The molecule has 1 saturated carbocycles. The van der Waals surface area contributed by atoms with E-state index in [9.17, 15) is 12.8 Å². The van der Waals surface area contributed by atoms with Crippen molar-refractivity contribution in [3.8, 4) is 6.01 Å². The van der Waals surface area contributed by atoms with Crippen molar-refractivity contribution in [3.63, 3.8) is 0 Å². The Balaban J connectivity index is 1.51. The number of sulfonamides is 1. The first kappa shape index (κ1) is 19.7. The molecule has 1 heterocycles. The highest BCUT2D eigenvalue weighted by Crippen LogP contribution is 2.23. The molecule has 0 atom stereocenters. The van der Waals surface area contributed by atoms with Crippen LogP contribution in [-0.4, -0.2) is 30.5 Å². The van der Waals surface area contributed by atoms with Gasteiger partial charge in [-0.15, -0.1) is 0 Å². The van der Waals surface area contributed by atoms with Crippen LogP contribution >= 0.6 is 0 Å². The first-order chi connectivity index (χ1) is 12.8. The molecule has 6 nitrogen and oxygen atoms in total. The average Bonchev–Trinajstić information content (AvgIpc) is 2.55. The van der Waals surface area contributed by atoms with Crippen molar-refractivity contribution in [2.75, 3.05) is 0 Å². The molecule has 1 fully saturated rings. The molecule has 8 heteroatoms. The van der Waals surface area contributed by atoms with Gasteiger partial charge in [0.05, 0.1) is 5.75 Å². The molecule has 0 aliphatic heterocycles. The fourth-order valence-electron chi connectivity index (χ4n) is 3.34. The van der Waals surface area contributed by atoms with E-state index in [0.29, 0.717) is 24.4 Å². The number of rotatable bonds is 6. The molecule has 0 saturated heterocycles. The van der Waals surface area contributed by atoms with Crippen molar-refractivity contribution in [2.24, 2.45) is 0 Å². The van der Waals surface area contributed by atoms with Gasteiger partial charge in [0.25, 0.3) is 0 Å². The third-order valence-corrected chi connectivity index (χ3v) is 5.91. The van der Waals surface area contributed by atoms with Gasteiger partial charge in [0.2, 0.25) is 10.0 Å². The minimum absolute atomic E-state index is 0.0184. The quantitative estimate of drug-likeness (QED) is 0.816. The van der Waals surface area contributed by atoms with E-state index in [1.807, 2.05) is 19.9 Å². The molecule has 27 heavy (non-hydrogen) atoms. The van der Waals surface area contributed by atoms with Crippen LogP contribution in [0.3, 0.4) is 0 Å². The molecule has 0 bridgehead atoms. The van der Waals surface area contributed by atoms with E-state index in [4.69, 9.17) is 4.74 Å². The number of nitrogens with one attached hydrogen (secondary N) is 1. The Labute approximate surface area is 159 Å². The molecule has 0 unspecified atom stereocenters. The van der Waals surface area contributed by atoms with E-state index in [0.717, 1.165) is 24.2 Å². The fourth-order valence-corrected chi connectivity index (χ4v) is 4.78. The predicted molar refractivity (Wildman–Crippen MR) is 100 cm³/mol. The van der Waals surface area contributed by atoms with Gasteiger partial charge in [-0.05, 0) is 63.3 Å². The molecule has 146 valence electrons. The lowest BCUT2D eigenvalue weighted by molar-refractivity contribution is 0.131. The van der Waals surface area contributed by atoms with Crippen LogP contribution in [0.4, 0.5) is 4.39 Å². The number of nitrogens with zero attached hydrogens (tertiary/aromatic N) is 2. The van der Waals surface area contributed by atoms with E-state index < -0.39 is 15.8 Å². The second kappa shape index (κ2) is 8.31. The number of benzene rings is 1. The number of hydrogen-bond acceptors (Lipinski definition) is 5. The molecule has 0 amide bonds. The lowest BCUT2D eigenvalue weighted by Gasteiger charge is -2.28. The summed E-state index contributed by atoms with van der Waals surface area (Å²) < 4.78 is 46.5. The number of hydrogen-bond donors (Lipinski definition) is 1. The smallest absolute Gasteiger partial charge is 0.317 e. The normalized spacial score (nSPS) is 20.4. The molecular formula is C19H24FN3O3S. The lowest BCUT2D eigenvalue weighted by Crippen LogP contribution is -2.40. The third kappa shape index (κ3) is 5.97. The van der Waals surface area contributed by atoms with Gasteiger partial charge >= 0.3 is 6.01 Å². The van der Waals surface area contributed by atoms with Gasteiger partial charge in [-0.2, -0.15) is 0 Å². The first-order valence-electron chi connectivity index (χ1n) is 9.02. The summed E-state index contributed by atoms with van der Waals surface area (Å²) >= 11 is 0. The Kier molecular flexibility index (Phi) is 6.06. The number of halogens is 1. The molecule has 0 spiro atoms. The van der Waals surface area contributed by atoms with Gasteiger partial charge in [-0.3, -0.25) is 0 Å². The molecule has 1 N–H and O–H groups in total. The maximum atomic E-state index is 13.2. The van der Waals surface area contributed by atoms with Crippen molar-refractivity contribution in [1.29, 1.82) is 0 Å². The molecule has 1 aromatic heterocycles. The first-order valence-corrected chi connectivity index (χ1v) is 10.7. The molecule has 1 aliphatic rings. The Morgan fingerprint density at radius 2 is 1.78 bits per heavy atom. The second-order valence-corrected chi connectivity index (χ2v) is 8.79. The minimum atomic E-state index is -3.52. The molecule has 2 aromatic rings. The molecule has 1 aliphatic carbocycles. The highest BCUT2D eigenvalue weighted by atomic mass is 32.2. The van der Waals surface area contributed by atoms with Crippen molar-refractivity contribution in [2.45, 2.75) is 57.4 Å². The van der Waals surface area contributed by atoms with Gasteiger partial charge in [-0.1, -0.05) is 12.1 Å². The van der Waals surface area contributed by atoms with Crippen LogP contribution in [0.2, 0.25) is 0 Å². The summed E-state index contributed by atoms with van der Waals surface area (Å²) in [4.78, 5) is 8.57. The van der Waals surface area contributed by atoms with E-state index in [2.05, 4.69) is 14.7 Å². The average molecular weight is 393 g/mol. The zero-order valence-electron chi connectivity index (χ0n) is 15.5. The zero-order chi connectivity index (χ0) is 19.4. The standard InChI is InChI=1S/C19H24FN3O3S/c1-13-10-14(2)22-19(21-13)26-18-8-6-17(7-9-18)23-27(24,25)12-15-4-3-5-16(20)11-15/h3-5,10-11,17-18,23H,6-9,12H2,1-2H3. The lowest BCUT2D eigenvalue weighted by atomic mass is 9.94. The summed E-state index contributed by atoms with van der Waals surface area (Å²) in [5.41, 5.74) is 2.15. The third-order valence-electron chi connectivity index (χ3n) is 4.50. The summed E-state index contributed by atoms with van der Waals surface area (Å²) in [5.74, 6) is -0.661. The van der Waals surface area contributed by atoms with Crippen LogP contribution < -0.4 is 9.46 Å². The van der Waals surface area contributed by atoms with Crippen molar-refractivity contribution in [3.05, 3.63) is 53.1 Å². The van der Waals surface area contributed by atoms with Crippen LogP contribution in [0, 0.1) is 19.7 Å². The topological polar surface area (TPSA) is 81.2 Å². The van der Waals surface area contributed by atoms with E-state index >= 15 is 0 Å². The highest BCUT2D eigenvalue weighted by Gasteiger charge is 2.26. The maximum absolute atomic E-state index is 13.2. The number of aromatic nitrogens is 2. The number of ether oxygens (including phenoxy) is 1. The van der Waals surface area contributed by atoms with Crippen molar-refractivity contribution >= 4 is 10.0 Å². The van der Waals surface area contributed by atoms with Crippen LogP contribution in [0.25, 0.3) is 0 Å². The molecule has 1 aromatic carbocycles. The SMILES string of the molecule is Cc1cc(C)nc(OC2CCC(NS(=O)(=O)Cc3cccc(F)c3)CC2)n1. The van der Waals surface area contributed by atoms with Gasteiger partial charge in [0.15, 0.2) is 0 Å². The largest absolute Gasteiger partial charge is 0.460 e. The molecular weight excluding hydrogens is 369 g/mol. The Morgan fingerprint density at radius 1 is 1.11 bits per heavy atom. The van der Waals surface area contributed by atoms with Crippen LogP contribution in [0.15, 0.2) is 30.3 Å².